The lowest BCUT2D eigenvalue weighted by Crippen LogP contribution is -2.26. The van der Waals surface area contributed by atoms with Crippen LogP contribution in [-0.2, 0) is 9.53 Å². The fourth-order valence-corrected chi connectivity index (χ4v) is 3.67. The maximum Gasteiger partial charge on any atom is 0.347 e. The second kappa shape index (κ2) is 11.3. The molecule has 2 aromatic carbocycles. The lowest BCUT2D eigenvalue weighted by Gasteiger charge is -2.18. The van der Waals surface area contributed by atoms with Crippen LogP contribution in [0, 0.1) is 0 Å². The number of para-hydroxylation sites is 1. The average Bonchev–Trinajstić information content (AvgIpc) is 2.83. The van der Waals surface area contributed by atoms with Crippen LogP contribution < -0.4 is 15.0 Å². The van der Waals surface area contributed by atoms with Gasteiger partial charge in [0, 0.05) is 16.0 Å². The van der Waals surface area contributed by atoms with Crippen LogP contribution in [0.15, 0.2) is 50.8 Å². The van der Waals surface area contributed by atoms with Gasteiger partial charge in [-0.25, -0.2) is 9.78 Å². The van der Waals surface area contributed by atoms with Gasteiger partial charge < -0.3 is 14.2 Å². The molecule has 180 valence electrons. The van der Waals surface area contributed by atoms with E-state index in [-0.39, 0.29) is 18.1 Å². The number of hydrogen-bond donors (Lipinski definition) is 0. The van der Waals surface area contributed by atoms with Gasteiger partial charge in [-0.05, 0) is 50.6 Å². The summed E-state index contributed by atoms with van der Waals surface area (Å²) in [6, 6.07) is 10.7. The Morgan fingerprint density at radius 2 is 2.00 bits per heavy atom. The van der Waals surface area contributed by atoms with Crippen molar-refractivity contribution in [3.8, 4) is 11.5 Å². The molecule has 0 radical (unpaired) electrons. The second-order valence-corrected chi connectivity index (χ2v) is 8.61. The number of esters is 1. The minimum absolute atomic E-state index is 0.00256. The molecular weight excluding hydrogens is 502 g/mol. The zero-order chi connectivity index (χ0) is 24.8. The average molecular weight is 530 g/mol. The number of fused-ring (bicyclic) bond motifs is 1. The van der Waals surface area contributed by atoms with Gasteiger partial charge in [0.05, 0.1) is 30.8 Å². The fraction of sp³-hybridized carbons (Fsp3) is 0.360. The molecular formula is C25H28BrN3O5. The molecule has 1 heterocycles. The van der Waals surface area contributed by atoms with Crippen LogP contribution in [0.1, 0.15) is 51.4 Å². The molecule has 0 saturated carbocycles. The van der Waals surface area contributed by atoms with Crippen LogP contribution in [0.25, 0.3) is 10.9 Å². The third-order valence-corrected chi connectivity index (χ3v) is 5.83. The first-order valence-corrected chi connectivity index (χ1v) is 11.9. The molecule has 9 heteroatoms. The summed E-state index contributed by atoms with van der Waals surface area (Å²) in [7, 11) is 1.51. The van der Waals surface area contributed by atoms with Crippen molar-refractivity contribution in [3.63, 3.8) is 0 Å². The molecule has 0 N–H and O–H groups in total. The van der Waals surface area contributed by atoms with Crippen molar-refractivity contribution in [2.45, 2.75) is 46.1 Å². The number of hydrogen-bond acceptors (Lipinski definition) is 7. The number of benzene rings is 2. The predicted molar refractivity (Wildman–Crippen MR) is 135 cm³/mol. The largest absolute Gasteiger partial charge is 0.493 e. The van der Waals surface area contributed by atoms with Gasteiger partial charge in [-0.15, -0.1) is 0 Å². The molecule has 1 aromatic heterocycles. The summed E-state index contributed by atoms with van der Waals surface area (Å²) in [5.41, 5.74) is 0.874. The summed E-state index contributed by atoms with van der Waals surface area (Å²) in [4.78, 5) is 30.2. The molecule has 0 aliphatic heterocycles. The highest BCUT2D eigenvalue weighted by Crippen LogP contribution is 2.31. The molecule has 0 saturated heterocycles. The van der Waals surface area contributed by atoms with Gasteiger partial charge in [-0.3, -0.25) is 4.79 Å². The Kier molecular flexibility index (Phi) is 8.44. The van der Waals surface area contributed by atoms with E-state index in [1.54, 1.807) is 38.1 Å². The second-order valence-electron chi connectivity index (χ2n) is 7.69. The van der Waals surface area contributed by atoms with E-state index in [1.165, 1.54) is 18.0 Å². The van der Waals surface area contributed by atoms with Crippen LogP contribution >= 0.6 is 15.9 Å². The molecule has 0 spiro atoms. The highest BCUT2D eigenvalue weighted by molar-refractivity contribution is 9.10. The van der Waals surface area contributed by atoms with Gasteiger partial charge in [-0.1, -0.05) is 35.8 Å². The topological polar surface area (TPSA) is 92.0 Å². The van der Waals surface area contributed by atoms with Crippen molar-refractivity contribution in [1.29, 1.82) is 0 Å². The molecule has 34 heavy (non-hydrogen) atoms. The number of halogens is 1. The quantitative estimate of drug-likeness (QED) is 0.289. The smallest absolute Gasteiger partial charge is 0.347 e. The Morgan fingerprint density at radius 3 is 2.68 bits per heavy atom. The molecule has 2 atom stereocenters. The lowest BCUT2D eigenvalue weighted by molar-refractivity contribution is -0.150. The molecule has 0 bridgehead atoms. The van der Waals surface area contributed by atoms with Crippen molar-refractivity contribution in [3.05, 3.63) is 62.6 Å². The standard InChI is InChI=1S/C25H28BrN3O5/c1-6-15(3)23-28-20-12-11-18(26)13-19(20)24(30)29(23)27-14-17-9-8-10-21(32-5)22(17)34-16(4)25(31)33-7-2/h8-16H,6-7H2,1-5H3/t15-,16+/m1/s1. The molecule has 3 rings (SSSR count). The van der Waals surface area contributed by atoms with Crippen molar-refractivity contribution < 1.29 is 19.0 Å². The van der Waals surface area contributed by atoms with E-state index in [2.05, 4.69) is 21.0 Å². The number of carbonyl (C=O) groups is 1. The monoisotopic (exact) mass is 529 g/mol. The molecule has 3 aromatic rings. The van der Waals surface area contributed by atoms with Crippen LogP contribution in [-0.4, -0.2) is 41.7 Å². The Labute approximate surface area is 206 Å². The van der Waals surface area contributed by atoms with E-state index < -0.39 is 12.1 Å². The van der Waals surface area contributed by atoms with Gasteiger partial charge in [0.15, 0.2) is 17.6 Å². The number of rotatable bonds is 9. The Bertz CT molecular complexity index is 1270. The number of carbonyl (C=O) groups excluding carboxylic acids is 1. The highest BCUT2D eigenvalue weighted by atomic mass is 79.9. The van der Waals surface area contributed by atoms with E-state index in [9.17, 15) is 9.59 Å². The zero-order valence-electron chi connectivity index (χ0n) is 19.9. The predicted octanol–water partition coefficient (Wildman–Crippen LogP) is 4.89. The minimum Gasteiger partial charge on any atom is -0.493 e. The highest BCUT2D eigenvalue weighted by Gasteiger charge is 2.20. The molecule has 0 amide bonds. The van der Waals surface area contributed by atoms with Crippen LogP contribution in [0.5, 0.6) is 11.5 Å². The molecule has 8 nitrogen and oxygen atoms in total. The number of ether oxygens (including phenoxy) is 3. The lowest BCUT2D eigenvalue weighted by atomic mass is 10.1. The Balaban J connectivity index is 2.12. The minimum atomic E-state index is -0.860. The first-order chi connectivity index (χ1) is 16.3. The summed E-state index contributed by atoms with van der Waals surface area (Å²) in [5.74, 6) is 0.821. The van der Waals surface area contributed by atoms with Crippen molar-refractivity contribution in [1.82, 2.24) is 9.66 Å². The van der Waals surface area contributed by atoms with Crippen molar-refractivity contribution >= 4 is 39.0 Å². The third-order valence-electron chi connectivity index (χ3n) is 5.34. The first-order valence-electron chi connectivity index (χ1n) is 11.1. The Hall–Kier alpha value is -3.20. The molecule has 0 aliphatic carbocycles. The summed E-state index contributed by atoms with van der Waals surface area (Å²) in [6.45, 7) is 7.61. The summed E-state index contributed by atoms with van der Waals surface area (Å²) in [6.07, 6.45) is 1.43. The van der Waals surface area contributed by atoms with E-state index >= 15 is 0 Å². The Morgan fingerprint density at radius 1 is 1.24 bits per heavy atom. The van der Waals surface area contributed by atoms with Crippen LogP contribution in [0.4, 0.5) is 0 Å². The SMILES string of the molecule is CCOC(=O)[C@H](C)Oc1c(C=Nn2c([C@H](C)CC)nc3ccc(Br)cc3c2=O)cccc1OC. The van der Waals surface area contributed by atoms with E-state index in [1.807, 2.05) is 26.0 Å². The third kappa shape index (κ3) is 5.47. The van der Waals surface area contributed by atoms with Crippen molar-refractivity contribution in [2.24, 2.45) is 5.10 Å². The summed E-state index contributed by atoms with van der Waals surface area (Å²) in [5, 5.41) is 4.95. The van der Waals surface area contributed by atoms with Crippen molar-refractivity contribution in [2.75, 3.05) is 13.7 Å². The maximum atomic E-state index is 13.4. The number of methoxy groups -OCH3 is 1. The molecule has 0 fully saturated rings. The number of aromatic nitrogens is 2. The summed E-state index contributed by atoms with van der Waals surface area (Å²) < 4.78 is 18.5. The molecule has 0 unspecified atom stereocenters. The fourth-order valence-electron chi connectivity index (χ4n) is 3.30. The van der Waals surface area contributed by atoms with Gasteiger partial charge in [0.2, 0.25) is 0 Å². The number of nitrogens with zero attached hydrogens (tertiary/aromatic N) is 3. The molecule has 0 aliphatic rings. The van der Waals surface area contributed by atoms with Gasteiger partial charge in [-0.2, -0.15) is 9.78 Å². The maximum absolute atomic E-state index is 13.4. The normalized spacial score (nSPS) is 13.1. The summed E-state index contributed by atoms with van der Waals surface area (Å²) >= 11 is 3.42. The van der Waals surface area contributed by atoms with Gasteiger partial charge >= 0.3 is 5.97 Å². The van der Waals surface area contributed by atoms with Crippen LogP contribution in [0.3, 0.4) is 0 Å². The first kappa shape index (κ1) is 25.4. The van der Waals surface area contributed by atoms with Gasteiger partial charge in [0.25, 0.3) is 5.56 Å². The van der Waals surface area contributed by atoms with Crippen LogP contribution in [0.2, 0.25) is 0 Å². The van der Waals surface area contributed by atoms with E-state index in [0.717, 1.165) is 10.9 Å². The van der Waals surface area contributed by atoms with Gasteiger partial charge in [0.1, 0.15) is 5.82 Å². The zero-order valence-corrected chi connectivity index (χ0v) is 21.5. The van der Waals surface area contributed by atoms with E-state index in [0.29, 0.717) is 33.8 Å². The van der Waals surface area contributed by atoms with E-state index in [4.69, 9.17) is 19.2 Å².